The fraction of sp³-hybridized carbons (Fsp3) is 0.0588. The van der Waals surface area contributed by atoms with Crippen LogP contribution in [0.5, 0.6) is 0 Å². The number of allylic oxidation sites excluding steroid dienone is 1. The van der Waals surface area contributed by atoms with E-state index in [4.69, 9.17) is 0 Å². The van der Waals surface area contributed by atoms with Gasteiger partial charge in [0.05, 0.1) is 11.3 Å². The second-order valence-corrected chi connectivity index (χ2v) is 6.27. The SMILES string of the molecule is Cc1ccc(-c2csc(C(C#N)=Cc3ccsc3)n2)cc1. The topological polar surface area (TPSA) is 36.7 Å². The molecule has 0 spiro atoms. The maximum Gasteiger partial charge on any atom is 0.134 e. The van der Waals surface area contributed by atoms with Crippen molar-refractivity contribution in [1.29, 1.82) is 5.26 Å². The number of benzene rings is 1. The lowest BCUT2D eigenvalue weighted by molar-refractivity contribution is 1.36. The van der Waals surface area contributed by atoms with Crippen LogP contribution in [-0.2, 0) is 0 Å². The Balaban J connectivity index is 1.94. The summed E-state index contributed by atoms with van der Waals surface area (Å²) in [7, 11) is 0. The smallest absolute Gasteiger partial charge is 0.134 e. The monoisotopic (exact) mass is 308 g/mol. The van der Waals surface area contributed by atoms with Crippen molar-refractivity contribution in [3.05, 3.63) is 62.6 Å². The Kier molecular flexibility index (Phi) is 3.96. The Morgan fingerprint density at radius 2 is 2.00 bits per heavy atom. The molecule has 21 heavy (non-hydrogen) atoms. The van der Waals surface area contributed by atoms with E-state index in [-0.39, 0.29) is 0 Å². The standard InChI is InChI=1S/C17H12N2S2/c1-12-2-4-14(5-3-12)16-11-21-17(19-16)15(9-18)8-13-6-7-20-10-13/h2-8,10-11H,1H3. The third-order valence-corrected chi connectivity index (χ3v) is 4.63. The fourth-order valence-electron chi connectivity index (χ4n) is 1.92. The molecule has 3 aromatic rings. The van der Waals surface area contributed by atoms with E-state index in [2.05, 4.69) is 42.2 Å². The third-order valence-electron chi connectivity index (χ3n) is 3.06. The van der Waals surface area contributed by atoms with E-state index in [9.17, 15) is 5.26 Å². The summed E-state index contributed by atoms with van der Waals surface area (Å²) >= 11 is 3.12. The van der Waals surface area contributed by atoms with Gasteiger partial charge in [-0.1, -0.05) is 29.8 Å². The van der Waals surface area contributed by atoms with E-state index in [1.807, 2.05) is 28.3 Å². The zero-order valence-corrected chi connectivity index (χ0v) is 13.0. The minimum atomic E-state index is 0.608. The van der Waals surface area contributed by atoms with Crippen LogP contribution in [0.2, 0.25) is 0 Å². The molecule has 0 bridgehead atoms. The van der Waals surface area contributed by atoms with Crippen molar-refractivity contribution < 1.29 is 0 Å². The van der Waals surface area contributed by atoms with Gasteiger partial charge in [0.2, 0.25) is 0 Å². The summed E-state index contributed by atoms with van der Waals surface area (Å²) in [6.45, 7) is 2.06. The molecule has 0 aliphatic heterocycles. The van der Waals surface area contributed by atoms with Crippen LogP contribution in [0.25, 0.3) is 22.9 Å². The normalized spacial score (nSPS) is 11.3. The molecule has 0 saturated carbocycles. The predicted octanol–water partition coefficient (Wildman–Crippen LogP) is 5.24. The van der Waals surface area contributed by atoms with Crippen molar-refractivity contribution >= 4 is 34.3 Å². The van der Waals surface area contributed by atoms with Gasteiger partial charge < -0.3 is 0 Å². The summed E-state index contributed by atoms with van der Waals surface area (Å²) < 4.78 is 0. The highest BCUT2D eigenvalue weighted by molar-refractivity contribution is 7.11. The fourth-order valence-corrected chi connectivity index (χ4v) is 3.33. The number of hydrogen-bond donors (Lipinski definition) is 0. The summed E-state index contributed by atoms with van der Waals surface area (Å²) in [5, 5.41) is 16.1. The minimum absolute atomic E-state index is 0.608. The van der Waals surface area contributed by atoms with E-state index in [0.29, 0.717) is 5.57 Å². The molecule has 0 radical (unpaired) electrons. The number of aromatic nitrogens is 1. The van der Waals surface area contributed by atoms with Gasteiger partial charge in [-0.05, 0) is 35.4 Å². The van der Waals surface area contributed by atoms with Crippen LogP contribution in [0.3, 0.4) is 0 Å². The van der Waals surface area contributed by atoms with Gasteiger partial charge in [0.25, 0.3) is 0 Å². The Morgan fingerprint density at radius 3 is 2.67 bits per heavy atom. The molecular weight excluding hydrogens is 296 g/mol. The lowest BCUT2D eigenvalue weighted by Gasteiger charge is -1.97. The van der Waals surface area contributed by atoms with Crippen LogP contribution in [0, 0.1) is 18.3 Å². The highest BCUT2D eigenvalue weighted by atomic mass is 32.1. The summed E-state index contributed by atoms with van der Waals surface area (Å²) in [5.41, 5.74) is 4.88. The van der Waals surface area contributed by atoms with Crippen LogP contribution in [0.4, 0.5) is 0 Å². The minimum Gasteiger partial charge on any atom is -0.235 e. The Hall–Kier alpha value is -2.22. The molecule has 4 heteroatoms. The first kappa shape index (κ1) is 13.7. The van der Waals surface area contributed by atoms with E-state index in [1.54, 1.807) is 11.3 Å². The molecule has 0 fully saturated rings. The van der Waals surface area contributed by atoms with Gasteiger partial charge >= 0.3 is 0 Å². The molecule has 0 aliphatic rings. The molecule has 0 saturated heterocycles. The Labute approximate surface area is 131 Å². The highest BCUT2D eigenvalue weighted by Gasteiger charge is 2.09. The van der Waals surface area contributed by atoms with Crippen LogP contribution in [0.15, 0.2) is 46.5 Å². The molecular formula is C17H12N2S2. The number of nitriles is 1. The quantitative estimate of drug-likeness (QED) is 0.620. The number of nitrogens with zero attached hydrogens (tertiary/aromatic N) is 2. The van der Waals surface area contributed by atoms with Crippen molar-refractivity contribution in [2.45, 2.75) is 6.92 Å². The van der Waals surface area contributed by atoms with Crippen molar-refractivity contribution in [2.75, 3.05) is 0 Å². The van der Waals surface area contributed by atoms with Gasteiger partial charge in [-0.25, -0.2) is 4.98 Å². The van der Waals surface area contributed by atoms with Crippen molar-refractivity contribution in [3.8, 4) is 17.3 Å². The molecule has 102 valence electrons. The average molecular weight is 308 g/mol. The molecule has 2 aromatic heterocycles. The van der Waals surface area contributed by atoms with E-state index < -0.39 is 0 Å². The lowest BCUT2D eigenvalue weighted by atomic mass is 10.1. The number of thiazole rings is 1. The van der Waals surface area contributed by atoms with Crippen LogP contribution < -0.4 is 0 Å². The van der Waals surface area contributed by atoms with Gasteiger partial charge in [-0.2, -0.15) is 16.6 Å². The first-order valence-electron chi connectivity index (χ1n) is 6.43. The summed E-state index contributed by atoms with van der Waals surface area (Å²) in [6.07, 6.45) is 1.88. The number of thiophene rings is 1. The van der Waals surface area contributed by atoms with Crippen LogP contribution in [0.1, 0.15) is 16.1 Å². The molecule has 0 unspecified atom stereocenters. The second kappa shape index (κ2) is 6.04. The van der Waals surface area contributed by atoms with E-state index in [1.165, 1.54) is 16.9 Å². The van der Waals surface area contributed by atoms with Gasteiger partial charge in [0.1, 0.15) is 11.1 Å². The van der Waals surface area contributed by atoms with Gasteiger partial charge in [0.15, 0.2) is 0 Å². The molecule has 0 aliphatic carbocycles. The van der Waals surface area contributed by atoms with E-state index in [0.717, 1.165) is 21.8 Å². The van der Waals surface area contributed by atoms with Crippen LogP contribution >= 0.6 is 22.7 Å². The van der Waals surface area contributed by atoms with Gasteiger partial charge in [-0.3, -0.25) is 0 Å². The summed E-state index contributed by atoms with van der Waals surface area (Å²) in [4.78, 5) is 4.59. The van der Waals surface area contributed by atoms with Gasteiger partial charge in [-0.15, -0.1) is 11.3 Å². The van der Waals surface area contributed by atoms with Crippen molar-refractivity contribution in [1.82, 2.24) is 4.98 Å². The molecule has 3 rings (SSSR count). The van der Waals surface area contributed by atoms with Crippen molar-refractivity contribution in [2.24, 2.45) is 0 Å². The zero-order chi connectivity index (χ0) is 14.7. The highest BCUT2D eigenvalue weighted by Crippen LogP contribution is 2.27. The molecule has 0 atom stereocenters. The first-order chi connectivity index (χ1) is 10.3. The second-order valence-electron chi connectivity index (χ2n) is 4.63. The van der Waals surface area contributed by atoms with Crippen molar-refractivity contribution in [3.63, 3.8) is 0 Å². The lowest BCUT2D eigenvalue weighted by Crippen LogP contribution is -1.82. The summed E-state index contributed by atoms with van der Waals surface area (Å²) in [5.74, 6) is 0. The molecule has 0 N–H and O–H groups in total. The molecule has 2 nitrogen and oxygen atoms in total. The first-order valence-corrected chi connectivity index (χ1v) is 8.25. The average Bonchev–Trinajstić information content (AvgIpc) is 3.17. The molecule has 0 amide bonds. The Bertz CT molecular complexity index is 803. The maximum atomic E-state index is 9.35. The molecule has 2 heterocycles. The summed E-state index contributed by atoms with van der Waals surface area (Å²) in [6, 6.07) is 12.5. The van der Waals surface area contributed by atoms with E-state index >= 15 is 0 Å². The van der Waals surface area contributed by atoms with Crippen LogP contribution in [-0.4, -0.2) is 4.98 Å². The molecule has 1 aromatic carbocycles. The predicted molar refractivity (Wildman–Crippen MR) is 90.1 cm³/mol. The largest absolute Gasteiger partial charge is 0.235 e. The number of rotatable bonds is 3. The third kappa shape index (κ3) is 3.10. The number of aryl methyl sites for hydroxylation is 1. The maximum absolute atomic E-state index is 9.35. The zero-order valence-electron chi connectivity index (χ0n) is 11.4. The number of hydrogen-bond acceptors (Lipinski definition) is 4. The Morgan fingerprint density at radius 1 is 1.19 bits per heavy atom. The van der Waals surface area contributed by atoms with Gasteiger partial charge in [0, 0.05) is 10.9 Å².